The van der Waals surface area contributed by atoms with Crippen LogP contribution in [-0.2, 0) is 6.42 Å². The second-order valence-corrected chi connectivity index (χ2v) is 5.14. The van der Waals surface area contributed by atoms with Gasteiger partial charge in [0.2, 0.25) is 0 Å². The van der Waals surface area contributed by atoms with Crippen LogP contribution in [0.3, 0.4) is 0 Å². The van der Waals surface area contributed by atoms with E-state index in [1.165, 1.54) is 19.4 Å². The van der Waals surface area contributed by atoms with Crippen LogP contribution in [0.5, 0.6) is 0 Å². The lowest BCUT2D eigenvalue weighted by molar-refractivity contribution is 0.277. The molecule has 1 aromatic rings. The van der Waals surface area contributed by atoms with Crippen molar-refractivity contribution in [1.82, 2.24) is 14.9 Å². The minimum Gasteiger partial charge on any atom is -0.368 e. The van der Waals surface area contributed by atoms with E-state index in [1.807, 2.05) is 13.0 Å². The van der Waals surface area contributed by atoms with Gasteiger partial charge in [0.15, 0.2) is 0 Å². The van der Waals surface area contributed by atoms with Gasteiger partial charge in [0.25, 0.3) is 0 Å². The molecule has 1 aliphatic rings. The number of likely N-dealkylation sites (N-methyl/N-ethyl adjacent to an activating group) is 1. The highest BCUT2D eigenvalue weighted by atomic mass is 15.2. The predicted molar refractivity (Wildman–Crippen MR) is 78.3 cm³/mol. The Balaban J connectivity index is 1.95. The number of hydrogen-bond acceptors (Lipinski definition) is 5. The Morgan fingerprint density at radius 2 is 2.32 bits per heavy atom. The average molecular weight is 263 g/mol. The van der Waals surface area contributed by atoms with Crippen molar-refractivity contribution in [1.29, 1.82) is 0 Å². The van der Waals surface area contributed by atoms with E-state index in [4.69, 9.17) is 5.73 Å². The van der Waals surface area contributed by atoms with Gasteiger partial charge in [-0.05, 0) is 39.4 Å². The maximum absolute atomic E-state index is 5.58. The van der Waals surface area contributed by atoms with Crippen LogP contribution >= 0.6 is 0 Å². The Labute approximate surface area is 115 Å². The van der Waals surface area contributed by atoms with Gasteiger partial charge in [0, 0.05) is 30.8 Å². The molecule has 3 N–H and O–H groups in total. The third kappa shape index (κ3) is 3.88. The zero-order valence-corrected chi connectivity index (χ0v) is 12.0. The van der Waals surface area contributed by atoms with Crippen LogP contribution in [0.2, 0.25) is 0 Å². The minimum absolute atomic E-state index is 0.627. The first-order valence-corrected chi connectivity index (χ1v) is 7.25. The summed E-state index contributed by atoms with van der Waals surface area (Å²) < 4.78 is 0. The van der Waals surface area contributed by atoms with E-state index in [0.717, 1.165) is 36.8 Å². The van der Waals surface area contributed by atoms with Crippen molar-refractivity contribution in [2.24, 2.45) is 5.73 Å². The predicted octanol–water partition coefficient (Wildman–Crippen LogP) is 1.18. The van der Waals surface area contributed by atoms with Crippen LogP contribution in [0, 0.1) is 6.92 Å². The number of likely N-dealkylation sites (tertiary alicyclic amines) is 1. The Morgan fingerprint density at radius 1 is 1.47 bits per heavy atom. The standard InChI is InChI=1S/C14H25N5/c1-3-19-8-4-5-13(19)10-16-14-9-12(6-7-15)17-11(2)18-14/h9,13H,3-8,10,15H2,1-2H3,(H,16,17,18)/t13-/m0/s1. The molecule has 0 radical (unpaired) electrons. The van der Waals surface area contributed by atoms with Gasteiger partial charge in [-0.15, -0.1) is 0 Å². The van der Waals surface area contributed by atoms with Gasteiger partial charge in [-0.2, -0.15) is 0 Å². The summed E-state index contributed by atoms with van der Waals surface area (Å²) in [6.07, 6.45) is 3.39. The summed E-state index contributed by atoms with van der Waals surface area (Å²) in [4.78, 5) is 11.4. The molecule has 0 aromatic carbocycles. The molecule has 5 heteroatoms. The molecule has 106 valence electrons. The molecule has 5 nitrogen and oxygen atoms in total. The quantitative estimate of drug-likeness (QED) is 0.807. The van der Waals surface area contributed by atoms with Gasteiger partial charge in [-0.3, -0.25) is 4.90 Å². The molecular formula is C14H25N5. The summed E-state index contributed by atoms with van der Waals surface area (Å²) in [6, 6.07) is 2.66. The number of anilines is 1. The molecule has 1 aromatic heterocycles. The molecule has 0 bridgehead atoms. The highest BCUT2D eigenvalue weighted by Crippen LogP contribution is 2.17. The zero-order chi connectivity index (χ0) is 13.7. The highest BCUT2D eigenvalue weighted by Gasteiger charge is 2.22. The van der Waals surface area contributed by atoms with Crippen molar-refractivity contribution in [2.75, 3.05) is 31.5 Å². The molecule has 19 heavy (non-hydrogen) atoms. The van der Waals surface area contributed by atoms with E-state index >= 15 is 0 Å². The van der Waals surface area contributed by atoms with E-state index in [-0.39, 0.29) is 0 Å². The third-order valence-corrected chi connectivity index (χ3v) is 3.72. The average Bonchev–Trinajstić information content (AvgIpc) is 2.83. The van der Waals surface area contributed by atoms with Gasteiger partial charge in [-0.1, -0.05) is 6.92 Å². The lowest BCUT2D eigenvalue weighted by Gasteiger charge is -2.23. The molecule has 1 fully saturated rings. The van der Waals surface area contributed by atoms with Crippen molar-refractivity contribution in [3.8, 4) is 0 Å². The van der Waals surface area contributed by atoms with Crippen molar-refractivity contribution in [3.05, 3.63) is 17.6 Å². The van der Waals surface area contributed by atoms with Crippen LogP contribution in [0.1, 0.15) is 31.3 Å². The van der Waals surface area contributed by atoms with Gasteiger partial charge < -0.3 is 11.1 Å². The Bertz CT molecular complexity index is 407. The van der Waals surface area contributed by atoms with Gasteiger partial charge >= 0.3 is 0 Å². The number of aromatic nitrogens is 2. The minimum atomic E-state index is 0.627. The summed E-state index contributed by atoms with van der Waals surface area (Å²) in [5.41, 5.74) is 6.61. The van der Waals surface area contributed by atoms with Crippen LogP contribution in [0.25, 0.3) is 0 Å². The smallest absolute Gasteiger partial charge is 0.129 e. The summed E-state index contributed by atoms with van der Waals surface area (Å²) in [5.74, 6) is 1.74. The fourth-order valence-electron chi connectivity index (χ4n) is 2.76. The zero-order valence-electron chi connectivity index (χ0n) is 12.0. The number of nitrogens with two attached hydrogens (primary N) is 1. The molecule has 0 saturated carbocycles. The van der Waals surface area contributed by atoms with Gasteiger partial charge in [0.1, 0.15) is 11.6 Å². The van der Waals surface area contributed by atoms with Crippen molar-refractivity contribution < 1.29 is 0 Å². The molecule has 0 unspecified atom stereocenters. The first-order chi connectivity index (χ1) is 9.22. The fraction of sp³-hybridized carbons (Fsp3) is 0.714. The van der Waals surface area contributed by atoms with Crippen LogP contribution in [0.15, 0.2) is 6.07 Å². The Hall–Kier alpha value is -1.20. The normalized spacial score (nSPS) is 19.8. The molecule has 2 rings (SSSR count). The van der Waals surface area contributed by atoms with Crippen molar-refractivity contribution in [3.63, 3.8) is 0 Å². The molecular weight excluding hydrogens is 238 g/mol. The molecule has 1 atom stereocenters. The molecule has 0 spiro atoms. The lowest BCUT2D eigenvalue weighted by Crippen LogP contribution is -2.34. The Morgan fingerprint density at radius 3 is 3.05 bits per heavy atom. The second kappa shape index (κ2) is 6.82. The van der Waals surface area contributed by atoms with Gasteiger partial charge in [0.05, 0.1) is 0 Å². The summed E-state index contributed by atoms with van der Waals surface area (Å²) >= 11 is 0. The maximum atomic E-state index is 5.58. The number of hydrogen-bond donors (Lipinski definition) is 2. The van der Waals surface area contributed by atoms with E-state index in [2.05, 4.69) is 27.1 Å². The molecule has 2 heterocycles. The number of nitrogens with zero attached hydrogens (tertiary/aromatic N) is 3. The SMILES string of the molecule is CCN1CCC[C@H]1CNc1cc(CCN)nc(C)n1. The van der Waals surface area contributed by atoms with E-state index < -0.39 is 0 Å². The monoisotopic (exact) mass is 263 g/mol. The largest absolute Gasteiger partial charge is 0.368 e. The summed E-state index contributed by atoms with van der Waals surface area (Å²) in [7, 11) is 0. The summed E-state index contributed by atoms with van der Waals surface area (Å²) in [5, 5.41) is 3.46. The molecule has 0 amide bonds. The summed E-state index contributed by atoms with van der Waals surface area (Å²) in [6.45, 7) is 8.11. The molecule has 1 saturated heterocycles. The highest BCUT2D eigenvalue weighted by molar-refractivity contribution is 5.36. The molecule has 0 aliphatic carbocycles. The second-order valence-electron chi connectivity index (χ2n) is 5.14. The first-order valence-electron chi connectivity index (χ1n) is 7.25. The third-order valence-electron chi connectivity index (χ3n) is 3.72. The van der Waals surface area contributed by atoms with Crippen molar-refractivity contribution in [2.45, 2.75) is 39.2 Å². The topological polar surface area (TPSA) is 67.1 Å². The number of rotatable bonds is 6. The number of aryl methyl sites for hydroxylation is 1. The van der Waals surface area contributed by atoms with Crippen molar-refractivity contribution >= 4 is 5.82 Å². The van der Waals surface area contributed by atoms with Gasteiger partial charge in [-0.25, -0.2) is 9.97 Å². The maximum Gasteiger partial charge on any atom is 0.129 e. The van der Waals surface area contributed by atoms with Crippen LogP contribution in [-0.4, -0.2) is 47.1 Å². The Kier molecular flexibility index (Phi) is 5.10. The lowest BCUT2D eigenvalue weighted by atomic mass is 10.2. The van der Waals surface area contributed by atoms with E-state index in [9.17, 15) is 0 Å². The van der Waals surface area contributed by atoms with Crippen LogP contribution in [0.4, 0.5) is 5.82 Å². The van der Waals surface area contributed by atoms with E-state index in [0.29, 0.717) is 12.6 Å². The molecule has 1 aliphatic heterocycles. The van der Waals surface area contributed by atoms with Crippen LogP contribution < -0.4 is 11.1 Å². The van der Waals surface area contributed by atoms with E-state index in [1.54, 1.807) is 0 Å². The first kappa shape index (κ1) is 14.2. The fourth-order valence-corrected chi connectivity index (χ4v) is 2.76. The number of nitrogens with one attached hydrogen (secondary N) is 1.